The summed E-state index contributed by atoms with van der Waals surface area (Å²) in [6.45, 7) is 7.39. The number of anilines is 1. The van der Waals surface area contributed by atoms with Crippen molar-refractivity contribution in [3.05, 3.63) is 23.5 Å². The molecule has 0 spiro atoms. The van der Waals surface area contributed by atoms with E-state index in [0.717, 1.165) is 31.4 Å². The van der Waals surface area contributed by atoms with Crippen LogP contribution in [0.2, 0.25) is 0 Å². The largest absolute Gasteiger partial charge is 0.365 e. The second kappa shape index (κ2) is 7.81. The van der Waals surface area contributed by atoms with E-state index in [9.17, 15) is 13.7 Å². The van der Waals surface area contributed by atoms with E-state index in [1.807, 2.05) is 6.92 Å². The van der Waals surface area contributed by atoms with Gasteiger partial charge in [0.1, 0.15) is 21.0 Å². The Hall–Kier alpha value is -2.37. The van der Waals surface area contributed by atoms with Gasteiger partial charge in [-0.1, -0.05) is 11.3 Å². The van der Waals surface area contributed by atoms with Crippen LogP contribution in [0.4, 0.5) is 5.69 Å². The molecule has 0 amide bonds. The number of aromatic nitrogens is 4. The van der Waals surface area contributed by atoms with Crippen molar-refractivity contribution in [2.24, 2.45) is 0 Å². The van der Waals surface area contributed by atoms with Gasteiger partial charge in [0.25, 0.3) is 0 Å². The van der Waals surface area contributed by atoms with Gasteiger partial charge in [0.2, 0.25) is 10.0 Å². The lowest BCUT2D eigenvalue weighted by Gasteiger charge is -2.44. The van der Waals surface area contributed by atoms with Gasteiger partial charge in [-0.05, 0) is 52.5 Å². The van der Waals surface area contributed by atoms with Crippen LogP contribution in [0, 0.1) is 11.3 Å². The van der Waals surface area contributed by atoms with Gasteiger partial charge in [-0.2, -0.15) is 5.26 Å². The summed E-state index contributed by atoms with van der Waals surface area (Å²) >= 11 is 1.37. The molecule has 0 bridgehead atoms. The maximum absolute atomic E-state index is 13.5. The molecule has 13 heteroatoms. The number of nitriles is 1. The number of fused-ring (bicyclic) bond motifs is 1. The molecule has 3 fully saturated rings. The van der Waals surface area contributed by atoms with Crippen molar-refractivity contribution < 1.29 is 8.42 Å². The van der Waals surface area contributed by atoms with Crippen molar-refractivity contribution in [2.45, 2.75) is 73.5 Å². The maximum Gasteiger partial charge on any atom is 0.242 e. The van der Waals surface area contributed by atoms with Gasteiger partial charge >= 0.3 is 0 Å². The molecule has 2 N–H and O–H groups in total. The second-order valence-electron chi connectivity index (χ2n) is 10.9. The molecule has 6 rings (SSSR count). The first-order chi connectivity index (χ1) is 16.9. The molecule has 0 unspecified atom stereocenters. The van der Waals surface area contributed by atoms with Crippen LogP contribution in [-0.4, -0.2) is 68.1 Å². The van der Waals surface area contributed by atoms with Crippen LogP contribution in [0.15, 0.2) is 23.4 Å². The van der Waals surface area contributed by atoms with E-state index in [2.05, 4.69) is 55.3 Å². The molecule has 3 aromatic rings. The smallest absolute Gasteiger partial charge is 0.242 e. The summed E-state index contributed by atoms with van der Waals surface area (Å²) in [5.41, 5.74) is 1.12. The quantitative estimate of drug-likeness (QED) is 0.455. The molecule has 1 saturated heterocycles. The summed E-state index contributed by atoms with van der Waals surface area (Å²) in [5, 5.41) is 22.7. The molecule has 2 saturated carbocycles. The molecule has 3 aliphatic rings. The highest BCUT2D eigenvalue weighted by Gasteiger charge is 2.48. The van der Waals surface area contributed by atoms with Crippen molar-refractivity contribution in [1.29, 1.82) is 5.26 Å². The van der Waals surface area contributed by atoms with Crippen molar-refractivity contribution in [3.8, 4) is 16.8 Å². The molecule has 2 atom stereocenters. The second-order valence-corrected chi connectivity index (χ2v) is 14.7. The molecule has 1 aliphatic heterocycles. The molecule has 3 aromatic heterocycles. The Labute approximate surface area is 217 Å². The lowest BCUT2D eigenvalue weighted by Crippen LogP contribution is -2.63. The van der Waals surface area contributed by atoms with E-state index >= 15 is 0 Å². The lowest BCUT2D eigenvalue weighted by atomic mass is 10.1. The fraction of sp³-hybridized carbons (Fsp3) is 0.565. The minimum Gasteiger partial charge on any atom is -0.365 e. The van der Waals surface area contributed by atoms with Crippen LogP contribution in [-0.2, 0) is 15.4 Å². The maximum atomic E-state index is 13.5. The van der Waals surface area contributed by atoms with E-state index in [-0.39, 0.29) is 16.1 Å². The van der Waals surface area contributed by atoms with E-state index in [1.165, 1.54) is 11.3 Å². The van der Waals surface area contributed by atoms with Crippen LogP contribution >= 0.6 is 11.3 Å². The number of hydrogen-bond donors (Lipinski definition) is 2. The van der Waals surface area contributed by atoms with E-state index in [1.54, 1.807) is 22.9 Å². The van der Waals surface area contributed by atoms with Crippen molar-refractivity contribution in [3.63, 3.8) is 0 Å². The summed E-state index contributed by atoms with van der Waals surface area (Å²) in [5.74, 6) is 0. The van der Waals surface area contributed by atoms with Gasteiger partial charge in [-0.15, -0.1) is 10.2 Å². The van der Waals surface area contributed by atoms with Crippen molar-refractivity contribution >= 4 is 42.9 Å². The minimum atomic E-state index is -3.77. The number of pyridine rings is 1. The summed E-state index contributed by atoms with van der Waals surface area (Å²) in [6, 6.07) is 4.26. The SMILES string of the molecule is C[C@H]1CN(c2cc(S(=O)(=O)NC3(C)CC3)cn3c(-c4nnc(C5(C#N)CC5)s4)cnc23)C[C@](C)([Si])N1. The normalized spacial score (nSPS) is 26.6. The zero-order chi connectivity index (χ0) is 25.5. The fourth-order valence-electron chi connectivity index (χ4n) is 4.87. The van der Waals surface area contributed by atoms with Crippen LogP contribution in [0.25, 0.3) is 16.3 Å². The van der Waals surface area contributed by atoms with Gasteiger partial charge in [-0.25, -0.2) is 18.1 Å². The van der Waals surface area contributed by atoms with Gasteiger partial charge in [0, 0.05) is 36.0 Å². The van der Waals surface area contributed by atoms with E-state index < -0.39 is 21.0 Å². The minimum absolute atomic E-state index is 0.172. The summed E-state index contributed by atoms with van der Waals surface area (Å²) < 4.78 is 31.6. The molecule has 187 valence electrons. The highest BCUT2D eigenvalue weighted by atomic mass is 32.2. The molecular formula is C23H27N8O2S2Si. The number of hydrogen-bond acceptors (Lipinski definition) is 9. The van der Waals surface area contributed by atoms with Gasteiger partial charge in [-0.3, -0.25) is 4.40 Å². The van der Waals surface area contributed by atoms with Gasteiger partial charge in [0.05, 0.1) is 28.2 Å². The van der Waals surface area contributed by atoms with Crippen LogP contribution in [0.3, 0.4) is 0 Å². The lowest BCUT2D eigenvalue weighted by molar-refractivity contribution is 0.369. The fourth-order valence-corrected chi connectivity index (χ4v) is 7.84. The first kappa shape index (κ1) is 24.0. The summed E-state index contributed by atoms with van der Waals surface area (Å²) in [4.78, 5) is 7.05. The number of nitrogens with zero attached hydrogens (tertiary/aromatic N) is 6. The first-order valence-corrected chi connectivity index (χ1v) is 14.8. The zero-order valence-electron chi connectivity index (χ0n) is 20.4. The Morgan fingerprint density at radius 2 is 2.03 bits per heavy atom. The van der Waals surface area contributed by atoms with E-state index in [4.69, 9.17) is 4.98 Å². The Bertz CT molecular complexity index is 1510. The molecule has 2 aliphatic carbocycles. The highest BCUT2D eigenvalue weighted by molar-refractivity contribution is 7.89. The number of imidazole rings is 1. The monoisotopic (exact) mass is 539 g/mol. The summed E-state index contributed by atoms with van der Waals surface area (Å²) in [7, 11) is 0.0550. The standard InChI is InChI=1S/C23H27N8O2S2Si/c1-14-10-30(13-22(3,36)26-14)16-8-15(35(32,33)29-21(2)4-5-21)11-31-17(9-25-18(16)31)19-27-28-20(34-19)23(12-24)6-7-23/h8-9,11,14,26,29H,4-7,10,13H2,1-3H3/t14-,22-/m0/s1. The third-order valence-corrected chi connectivity index (χ3v) is 10.2. The van der Waals surface area contributed by atoms with E-state index in [0.29, 0.717) is 34.4 Å². The predicted octanol–water partition coefficient (Wildman–Crippen LogP) is 1.92. The molecule has 10 nitrogen and oxygen atoms in total. The van der Waals surface area contributed by atoms with Gasteiger partial charge in [0.15, 0.2) is 10.7 Å². The Morgan fingerprint density at radius 3 is 2.67 bits per heavy atom. The Kier molecular flexibility index (Phi) is 5.21. The van der Waals surface area contributed by atoms with Crippen molar-refractivity contribution in [1.82, 2.24) is 29.6 Å². The third-order valence-electron chi connectivity index (χ3n) is 7.18. The average molecular weight is 540 g/mol. The number of rotatable bonds is 6. The average Bonchev–Trinajstić information content (AvgIpc) is 3.62. The predicted molar refractivity (Wildman–Crippen MR) is 138 cm³/mol. The van der Waals surface area contributed by atoms with Crippen LogP contribution in [0.1, 0.15) is 51.5 Å². The molecule has 0 aromatic carbocycles. The Balaban J connectivity index is 1.50. The number of nitrogens with one attached hydrogen (secondary N) is 2. The molecule has 3 radical (unpaired) electrons. The van der Waals surface area contributed by atoms with Gasteiger partial charge < -0.3 is 10.2 Å². The molecule has 4 heterocycles. The molecule has 36 heavy (non-hydrogen) atoms. The van der Waals surface area contributed by atoms with Crippen molar-refractivity contribution in [2.75, 3.05) is 18.0 Å². The summed E-state index contributed by atoms with van der Waals surface area (Å²) in [6.07, 6.45) is 6.54. The zero-order valence-corrected chi connectivity index (χ0v) is 23.0. The highest BCUT2D eigenvalue weighted by Crippen LogP contribution is 2.49. The third kappa shape index (κ3) is 4.14. The number of sulfonamides is 1. The Morgan fingerprint density at radius 1 is 1.28 bits per heavy atom. The first-order valence-electron chi connectivity index (χ1n) is 12.0. The van der Waals surface area contributed by atoms with Crippen LogP contribution < -0.4 is 14.9 Å². The van der Waals surface area contributed by atoms with Crippen LogP contribution in [0.5, 0.6) is 0 Å². The topological polar surface area (TPSA) is 128 Å². The number of piperazine rings is 1. The molecular weight excluding hydrogens is 513 g/mol.